The highest BCUT2D eigenvalue weighted by Gasteiger charge is 2.19. The number of ether oxygens (including phenoxy) is 1. The summed E-state index contributed by atoms with van der Waals surface area (Å²) >= 11 is 0. The summed E-state index contributed by atoms with van der Waals surface area (Å²) < 4.78 is 5.03. The van der Waals surface area contributed by atoms with E-state index in [1.54, 1.807) is 24.3 Å². The maximum Gasteiger partial charge on any atom is 0.323 e. The number of carbonyl (C=O) groups excluding carboxylic acids is 2. The summed E-state index contributed by atoms with van der Waals surface area (Å²) in [5.74, 6) is -1.86. The molecule has 0 aliphatic carbocycles. The Morgan fingerprint density at radius 2 is 2.00 bits per heavy atom. The fourth-order valence-electron chi connectivity index (χ4n) is 1.65. The number of nitrogens with two attached hydrogens (primary N) is 1. The number of amides is 2. The van der Waals surface area contributed by atoms with Crippen molar-refractivity contribution in [1.29, 1.82) is 0 Å². The first-order valence-corrected chi connectivity index (χ1v) is 5.83. The predicted octanol–water partition coefficient (Wildman–Crippen LogP) is -0.364. The van der Waals surface area contributed by atoms with E-state index in [9.17, 15) is 14.4 Å². The van der Waals surface area contributed by atoms with Crippen LogP contribution in [0, 0.1) is 0 Å². The number of aliphatic carboxylic acids is 1. The molecule has 7 nitrogen and oxygen atoms in total. The number of hydrogen-bond donors (Lipinski definition) is 2. The Balaban J connectivity index is 2.78. The first kappa shape index (κ1) is 15.5. The second-order valence-electron chi connectivity index (χ2n) is 4.14. The molecule has 1 aromatic carbocycles. The molecule has 0 unspecified atom stereocenters. The van der Waals surface area contributed by atoms with Crippen molar-refractivity contribution in [1.82, 2.24) is 4.90 Å². The lowest BCUT2D eigenvalue weighted by Gasteiger charge is -2.19. The van der Waals surface area contributed by atoms with Gasteiger partial charge < -0.3 is 20.5 Å². The Kier molecular flexibility index (Phi) is 5.52. The van der Waals surface area contributed by atoms with Gasteiger partial charge in [0.25, 0.3) is 0 Å². The van der Waals surface area contributed by atoms with Crippen LogP contribution in [0.1, 0.15) is 5.56 Å². The predicted molar refractivity (Wildman–Crippen MR) is 70.1 cm³/mol. The van der Waals surface area contributed by atoms with Crippen LogP contribution in [0.2, 0.25) is 0 Å². The van der Waals surface area contributed by atoms with E-state index in [2.05, 4.69) is 0 Å². The Hall–Kier alpha value is -2.57. The van der Waals surface area contributed by atoms with Gasteiger partial charge in [-0.05, 0) is 17.7 Å². The molecule has 0 aliphatic heterocycles. The van der Waals surface area contributed by atoms with Gasteiger partial charge >= 0.3 is 5.97 Å². The van der Waals surface area contributed by atoms with Gasteiger partial charge in [-0.2, -0.15) is 0 Å². The lowest BCUT2D eigenvalue weighted by Crippen LogP contribution is -2.42. The SMILES string of the molecule is COc1cccc(CC(=O)N(CC(N)=O)CC(=O)O)c1. The summed E-state index contributed by atoms with van der Waals surface area (Å²) in [6, 6.07) is 6.83. The van der Waals surface area contributed by atoms with Gasteiger partial charge in [0.15, 0.2) is 0 Å². The smallest absolute Gasteiger partial charge is 0.323 e. The third kappa shape index (κ3) is 4.97. The molecule has 3 N–H and O–H groups in total. The van der Waals surface area contributed by atoms with Crippen molar-refractivity contribution in [2.24, 2.45) is 5.73 Å². The van der Waals surface area contributed by atoms with E-state index in [0.717, 1.165) is 4.90 Å². The van der Waals surface area contributed by atoms with Crippen molar-refractivity contribution in [2.75, 3.05) is 20.2 Å². The number of carboxylic acid groups (broad SMARTS) is 1. The molecule has 0 aromatic heterocycles. The summed E-state index contributed by atoms with van der Waals surface area (Å²) in [5.41, 5.74) is 5.66. The minimum Gasteiger partial charge on any atom is -0.497 e. The van der Waals surface area contributed by atoms with E-state index in [1.807, 2.05) is 0 Å². The van der Waals surface area contributed by atoms with Crippen molar-refractivity contribution in [3.63, 3.8) is 0 Å². The van der Waals surface area contributed by atoms with Gasteiger partial charge in [0.05, 0.1) is 20.1 Å². The Morgan fingerprint density at radius 1 is 1.30 bits per heavy atom. The summed E-state index contributed by atoms with van der Waals surface area (Å²) in [6.07, 6.45) is -0.0300. The van der Waals surface area contributed by atoms with Gasteiger partial charge in [0.2, 0.25) is 11.8 Å². The number of primary amides is 1. The van der Waals surface area contributed by atoms with Gasteiger partial charge in [-0.15, -0.1) is 0 Å². The number of benzene rings is 1. The zero-order valence-corrected chi connectivity index (χ0v) is 11.0. The first-order chi connectivity index (χ1) is 9.42. The highest BCUT2D eigenvalue weighted by Crippen LogP contribution is 2.13. The maximum absolute atomic E-state index is 12.0. The Morgan fingerprint density at radius 3 is 2.55 bits per heavy atom. The van der Waals surface area contributed by atoms with Gasteiger partial charge in [0, 0.05) is 0 Å². The topological polar surface area (TPSA) is 110 Å². The van der Waals surface area contributed by atoms with Gasteiger partial charge in [0.1, 0.15) is 12.3 Å². The number of methoxy groups -OCH3 is 1. The van der Waals surface area contributed by atoms with Crippen LogP contribution in [0.3, 0.4) is 0 Å². The third-order valence-corrected chi connectivity index (χ3v) is 2.52. The third-order valence-electron chi connectivity index (χ3n) is 2.52. The molecule has 108 valence electrons. The minimum absolute atomic E-state index is 0.0300. The summed E-state index contributed by atoms with van der Waals surface area (Å²) in [5, 5.41) is 8.73. The molecule has 0 atom stereocenters. The summed E-state index contributed by atoms with van der Waals surface area (Å²) in [7, 11) is 1.50. The molecule has 20 heavy (non-hydrogen) atoms. The van der Waals surface area contributed by atoms with Crippen LogP contribution in [0.15, 0.2) is 24.3 Å². The molecule has 0 spiro atoms. The molecule has 0 fully saturated rings. The molecule has 0 heterocycles. The van der Waals surface area contributed by atoms with E-state index >= 15 is 0 Å². The van der Waals surface area contributed by atoms with E-state index < -0.39 is 30.9 Å². The molecular weight excluding hydrogens is 264 g/mol. The normalized spacial score (nSPS) is 9.85. The van der Waals surface area contributed by atoms with Crippen molar-refractivity contribution in [2.45, 2.75) is 6.42 Å². The quantitative estimate of drug-likeness (QED) is 0.708. The average Bonchev–Trinajstić information content (AvgIpc) is 2.37. The van der Waals surface area contributed by atoms with E-state index in [0.29, 0.717) is 11.3 Å². The van der Waals surface area contributed by atoms with Crippen LogP contribution >= 0.6 is 0 Å². The largest absolute Gasteiger partial charge is 0.497 e. The Bertz CT molecular complexity index is 499. The lowest BCUT2D eigenvalue weighted by molar-refractivity contribution is -0.145. The molecule has 1 rings (SSSR count). The molecule has 0 saturated carbocycles. The Labute approximate surface area is 115 Å². The second kappa shape index (κ2) is 7.13. The zero-order chi connectivity index (χ0) is 15.1. The van der Waals surface area contributed by atoms with Crippen LogP contribution in [0.4, 0.5) is 0 Å². The monoisotopic (exact) mass is 280 g/mol. The van der Waals surface area contributed by atoms with Crippen LogP contribution in [0.5, 0.6) is 5.75 Å². The van der Waals surface area contributed by atoms with Crippen molar-refractivity contribution in [3.05, 3.63) is 29.8 Å². The van der Waals surface area contributed by atoms with Crippen molar-refractivity contribution in [3.8, 4) is 5.75 Å². The van der Waals surface area contributed by atoms with Crippen LogP contribution in [-0.2, 0) is 20.8 Å². The van der Waals surface area contributed by atoms with Crippen molar-refractivity contribution < 1.29 is 24.2 Å². The molecule has 0 aliphatic rings. The van der Waals surface area contributed by atoms with E-state index in [1.165, 1.54) is 7.11 Å². The van der Waals surface area contributed by atoms with Crippen molar-refractivity contribution >= 4 is 17.8 Å². The van der Waals surface area contributed by atoms with Gasteiger partial charge in [-0.25, -0.2) is 0 Å². The minimum atomic E-state index is -1.20. The molecule has 0 saturated heterocycles. The number of carbonyl (C=O) groups is 3. The molecule has 7 heteroatoms. The zero-order valence-electron chi connectivity index (χ0n) is 11.0. The number of carboxylic acids is 1. The van der Waals surface area contributed by atoms with Crippen LogP contribution in [0.25, 0.3) is 0 Å². The number of hydrogen-bond acceptors (Lipinski definition) is 4. The van der Waals surface area contributed by atoms with Crippen LogP contribution in [-0.4, -0.2) is 48.0 Å². The fourth-order valence-corrected chi connectivity index (χ4v) is 1.65. The molecule has 0 bridgehead atoms. The second-order valence-corrected chi connectivity index (χ2v) is 4.14. The van der Waals surface area contributed by atoms with Gasteiger partial charge in [-0.1, -0.05) is 12.1 Å². The molecule has 2 amide bonds. The average molecular weight is 280 g/mol. The number of nitrogens with zero attached hydrogens (tertiary/aromatic N) is 1. The van der Waals surface area contributed by atoms with E-state index in [-0.39, 0.29) is 6.42 Å². The highest BCUT2D eigenvalue weighted by atomic mass is 16.5. The maximum atomic E-state index is 12.0. The fraction of sp³-hybridized carbons (Fsp3) is 0.308. The summed E-state index contributed by atoms with van der Waals surface area (Å²) in [4.78, 5) is 34.5. The molecule has 0 radical (unpaired) electrons. The summed E-state index contributed by atoms with van der Waals surface area (Å²) in [6.45, 7) is -0.985. The van der Waals surface area contributed by atoms with Gasteiger partial charge in [-0.3, -0.25) is 14.4 Å². The number of rotatable bonds is 7. The lowest BCUT2D eigenvalue weighted by atomic mass is 10.1. The molecule has 1 aromatic rings. The van der Waals surface area contributed by atoms with E-state index in [4.69, 9.17) is 15.6 Å². The first-order valence-electron chi connectivity index (χ1n) is 5.83. The standard InChI is InChI=1S/C13H16N2O5/c1-20-10-4-2-3-9(5-10)6-12(17)15(7-11(14)16)8-13(18)19/h2-5H,6-8H2,1H3,(H2,14,16)(H,18,19). The highest BCUT2D eigenvalue weighted by molar-refractivity contribution is 5.87. The van der Waals surface area contributed by atoms with Crippen LogP contribution < -0.4 is 10.5 Å². The molecular formula is C13H16N2O5.